The van der Waals surface area contributed by atoms with Gasteiger partial charge in [0, 0.05) is 19.2 Å². The van der Waals surface area contributed by atoms with E-state index in [2.05, 4.69) is 0 Å². The van der Waals surface area contributed by atoms with Gasteiger partial charge in [0.25, 0.3) is 5.69 Å². The highest BCUT2D eigenvalue weighted by Crippen LogP contribution is 2.35. The lowest BCUT2D eigenvalue weighted by Crippen LogP contribution is -2.39. The molecule has 7 heteroatoms. The van der Waals surface area contributed by atoms with E-state index in [1.165, 1.54) is 4.90 Å². The Morgan fingerprint density at radius 3 is 2.84 bits per heavy atom. The molecule has 1 fully saturated rings. The van der Waals surface area contributed by atoms with Gasteiger partial charge in [0.15, 0.2) is 17.3 Å². The van der Waals surface area contributed by atoms with E-state index in [0.29, 0.717) is 19.6 Å². The fraction of sp³-hybridized carbons (Fsp3) is 0.500. The molecule has 0 saturated carbocycles. The van der Waals surface area contributed by atoms with Crippen LogP contribution in [0.15, 0.2) is 12.1 Å². The first-order valence-electron chi connectivity index (χ1n) is 6.12. The van der Waals surface area contributed by atoms with Gasteiger partial charge in [-0.1, -0.05) is 0 Å². The van der Waals surface area contributed by atoms with Crippen LogP contribution < -0.4 is 10.6 Å². The van der Waals surface area contributed by atoms with Gasteiger partial charge in [0.1, 0.15) is 0 Å². The quantitative estimate of drug-likeness (QED) is 0.674. The van der Waals surface area contributed by atoms with Crippen LogP contribution in [0.3, 0.4) is 0 Å². The van der Waals surface area contributed by atoms with Crippen molar-refractivity contribution >= 4 is 11.4 Å². The third-order valence-electron chi connectivity index (χ3n) is 3.41. The zero-order valence-corrected chi connectivity index (χ0v) is 10.3. The lowest BCUT2D eigenvalue weighted by molar-refractivity contribution is -0.384. The molecule has 1 aliphatic rings. The monoisotopic (exact) mass is 271 g/mol. The molecule has 2 N–H and O–H groups in total. The fourth-order valence-electron chi connectivity index (χ4n) is 2.44. The van der Waals surface area contributed by atoms with E-state index in [0.717, 1.165) is 25.0 Å². The Labute approximate surface area is 109 Å². The molecule has 2 rings (SSSR count). The lowest BCUT2D eigenvalue weighted by atomic mass is 9.97. The van der Waals surface area contributed by atoms with Crippen molar-refractivity contribution in [3.05, 3.63) is 33.9 Å². The molecule has 19 heavy (non-hydrogen) atoms. The van der Waals surface area contributed by atoms with E-state index in [4.69, 9.17) is 5.73 Å². The summed E-state index contributed by atoms with van der Waals surface area (Å²) in [5, 5.41) is 10.9. The summed E-state index contributed by atoms with van der Waals surface area (Å²) in [6.45, 7) is 1.32. The van der Waals surface area contributed by atoms with Crippen molar-refractivity contribution in [3.8, 4) is 0 Å². The van der Waals surface area contributed by atoms with Gasteiger partial charge in [-0.25, -0.2) is 8.78 Å². The molecule has 1 aliphatic heterocycles. The second kappa shape index (κ2) is 5.48. The van der Waals surface area contributed by atoms with Crippen molar-refractivity contribution in [1.29, 1.82) is 0 Å². The van der Waals surface area contributed by atoms with Crippen molar-refractivity contribution in [1.82, 2.24) is 0 Å². The number of nitrogens with two attached hydrogens (primary N) is 1. The molecule has 0 aromatic heterocycles. The minimum absolute atomic E-state index is 0.149. The summed E-state index contributed by atoms with van der Waals surface area (Å²) >= 11 is 0. The molecule has 0 amide bonds. The molecule has 0 aliphatic carbocycles. The van der Waals surface area contributed by atoms with Crippen LogP contribution in [0.1, 0.15) is 12.8 Å². The molecule has 104 valence electrons. The highest BCUT2D eigenvalue weighted by molar-refractivity contribution is 5.64. The number of benzene rings is 1. The summed E-state index contributed by atoms with van der Waals surface area (Å²) in [5.41, 5.74) is 4.91. The highest BCUT2D eigenvalue weighted by atomic mass is 19.2. The molecule has 1 heterocycles. The van der Waals surface area contributed by atoms with Crippen molar-refractivity contribution in [2.24, 2.45) is 11.7 Å². The summed E-state index contributed by atoms with van der Waals surface area (Å²) < 4.78 is 27.2. The van der Waals surface area contributed by atoms with Crippen molar-refractivity contribution in [3.63, 3.8) is 0 Å². The van der Waals surface area contributed by atoms with Gasteiger partial charge >= 0.3 is 0 Å². The second-order valence-corrected chi connectivity index (χ2v) is 4.68. The Hall–Kier alpha value is -1.76. The number of halogens is 2. The van der Waals surface area contributed by atoms with Gasteiger partial charge in [-0.2, -0.15) is 0 Å². The van der Waals surface area contributed by atoms with Gasteiger partial charge in [-0.05, 0) is 31.4 Å². The Kier molecular flexibility index (Phi) is 3.94. The summed E-state index contributed by atoms with van der Waals surface area (Å²) in [6.07, 6.45) is 1.66. The van der Waals surface area contributed by atoms with Crippen LogP contribution in [0.4, 0.5) is 20.2 Å². The maximum Gasteiger partial charge on any atom is 0.295 e. The van der Waals surface area contributed by atoms with Gasteiger partial charge in [0.2, 0.25) is 0 Å². The van der Waals surface area contributed by atoms with E-state index >= 15 is 0 Å². The van der Waals surface area contributed by atoms with Gasteiger partial charge < -0.3 is 10.6 Å². The Bertz CT molecular complexity index is 496. The van der Waals surface area contributed by atoms with E-state index in [9.17, 15) is 18.9 Å². The molecule has 1 unspecified atom stereocenters. The molecule has 1 aromatic rings. The van der Waals surface area contributed by atoms with Crippen LogP contribution in [-0.2, 0) is 0 Å². The molecule has 0 bridgehead atoms. The van der Waals surface area contributed by atoms with Gasteiger partial charge in [0.05, 0.1) is 4.92 Å². The molecule has 5 nitrogen and oxygen atoms in total. The molecular formula is C12H15F2N3O2. The number of piperidine rings is 1. The second-order valence-electron chi connectivity index (χ2n) is 4.68. The first-order chi connectivity index (χ1) is 9.04. The van der Waals surface area contributed by atoms with E-state index < -0.39 is 22.2 Å². The van der Waals surface area contributed by atoms with Crippen LogP contribution in [0.2, 0.25) is 0 Å². The molecule has 0 spiro atoms. The third kappa shape index (κ3) is 2.65. The van der Waals surface area contributed by atoms with Crippen molar-refractivity contribution in [2.45, 2.75) is 12.8 Å². The van der Waals surface area contributed by atoms with Gasteiger partial charge in [-0.3, -0.25) is 10.1 Å². The number of nitro benzene ring substituents is 1. The normalized spacial score (nSPS) is 19.5. The molecule has 0 radical (unpaired) electrons. The third-order valence-corrected chi connectivity index (χ3v) is 3.41. The Morgan fingerprint density at radius 2 is 2.21 bits per heavy atom. The lowest BCUT2D eigenvalue weighted by Gasteiger charge is -2.33. The van der Waals surface area contributed by atoms with E-state index in [1.54, 1.807) is 0 Å². The number of rotatable bonds is 3. The zero-order valence-electron chi connectivity index (χ0n) is 10.3. The summed E-state index contributed by atoms with van der Waals surface area (Å²) in [6, 6.07) is 1.78. The van der Waals surface area contributed by atoms with E-state index in [-0.39, 0.29) is 11.6 Å². The molecule has 1 atom stereocenters. The maximum absolute atomic E-state index is 13.9. The van der Waals surface area contributed by atoms with Crippen molar-refractivity contribution in [2.75, 3.05) is 24.5 Å². The molecular weight excluding hydrogens is 256 g/mol. The first-order valence-corrected chi connectivity index (χ1v) is 6.12. The number of hydrogen-bond donors (Lipinski definition) is 1. The number of nitrogens with zero attached hydrogens (tertiary/aromatic N) is 2. The van der Waals surface area contributed by atoms with Crippen LogP contribution in [0, 0.1) is 27.7 Å². The number of nitro groups is 1. The SMILES string of the molecule is NCC1CCCN(c2c([N+](=O)[O-])ccc(F)c2F)C1. The van der Waals surface area contributed by atoms with E-state index in [1.807, 2.05) is 0 Å². The van der Waals surface area contributed by atoms with Crippen molar-refractivity contribution < 1.29 is 13.7 Å². The number of anilines is 1. The topological polar surface area (TPSA) is 72.4 Å². The average molecular weight is 271 g/mol. The van der Waals surface area contributed by atoms with Crippen LogP contribution in [-0.4, -0.2) is 24.6 Å². The van der Waals surface area contributed by atoms with Crippen LogP contribution in [0.5, 0.6) is 0 Å². The average Bonchev–Trinajstić information content (AvgIpc) is 2.41. The maximum atomic E-state index is 13.9. The van der Waals surface area contributed by atoms with Crippen LogP contribution >= 0.6 is 0 Å². The Balaban J connectivity index is 2.42. The zero-order chi connectivity index (χ0) is 14.0. The summed E-state index contributed by atoms with van der Waals surface area (Å²) in [5.74, 6) is -2.08. The molecule has 1 saturated heterocycles. The predicted octanol–water partition coefficient (Wildman–Crippen LogP) is 2.05. The molecule has 1 aromatic carbocycles. The Morgan fingerprint density at radius 1 is 1.47 bits per heavy atom. The predicted molar refractivity (Wildman–Crippen MR) is 67.0 cm³/mol. The van der Waals surface area contributed by atoms with Gasteiger partial charge in [-0.15, -0.1) is 0 Å². The minimum atomic E-state index is -1.16. The smallest absolute Gasteiger partial charge is 0.295 e. The standard InChI is InChI=1S/C12H15F2N3O2/c13-9-3-4-10(17(18)19)12(11(9)14)16-5-1-2-8(6-15)7-16/h3-4,8H,1-2,5-7,15H2. The highest BCUT2D eigenvalue weighted by Gasteiger charge is 2.29. The summed E-state index contributed by atoms with van der Waals surface area (Å²) in [4.78, 5) is 11.8. The van der Waals surface area contributed by atoms with Crippen LogP contribution in [0.25, 0.3) is 0 Å². The minimum Gasteiger partial charge on any atom is -0.363 e. The fourth-order valence-corrected chi connectivity index (χ4v) is 2.44. The number of hydrogen-bond acceptors (Lipinski definition) is 4. The first kappa shape index (κ1) is 13.7. The summed E-state index contributed by atoms with van der Waals surface area (Å²) in [7, 11) is 0. The largest absolute Gasteiger partial charge is 0.363 e.